The highest BCUT2D eigenvalue weighted by Crippen LogP contribution is 2.23. The molecular formula is C14H20Br2. The van der Waals surface area contributed by atoms with Crippen molar-refractivity contribution in [3.63, 3.8) is 0 Å². The lowest BCUT2D eigenvalue weighted by Gasteiger charge is -2.05. The Kier molecular flexibility index (Phi) is 7.39. The van der Waals surface area contributed by atoms with Gasteiger partial charge in [0.05, 0.1) is 0 Å². The number of aryl methyl sites for hydroxylation is 1. The van der Waals surface area contributed by atoms with Gasteiger partial charge in [0.1, 0.15) is 0 Å². The largest absolute Gasteiger partial charge is 0.0654 e. The molecule has 0 heterocycles. The van der Waals surface area contributed by atoms with Gasteiger partial charge in [-0.25, -0.2) is 0 Å². The highest BCUT2D eigenvalue weighted by molar-refractivity contribution is 9.11. The minimum Gasteiger partial charge on any atom is -0.0654 e. The third-order valence-electron chi connectivity index (χ3n) is 2.81. The molecule has 90 valence electrons. The lowest BCUT2D eigenvalue weighted by molar-refractivity contribution is 0.607. The summed E-state index contributed by atoms with van der Waals surface area (Å²) in [5.74, 6) is 0. The van der Waals surface area contributed by atoms with Crippen molar-refractivity contribution in [2.24, 2.45) is 0 Å². The molecule has 0 unspecified atom stereocenters. The summed E-state index contributed by atoms with van der Waals surface area (Å²) in [6.45, 7) is 2.26. The summed E-state index contributed by atoms with van der Waals surface area (Å²) in [5.41, 5.74) is 1.43. The van der Waals surface area contributed by atoms with Crippen LogP contribution in [0.5, 0.6) is 0 Å². The van der Waals surface area contributed by atoms with Crippen LogP contribution < -0.4 is 0 Å². The highest BCUT2D eigenvalue weighted by atomic mass is 79.9. The van der Waals surface area contributed by atoms with Crippen molar-refractivity contribution in [3.05, 3.63) is 32.7 Å². The van der Waals surface area contributed by atoms with Crippen LogP contribution in [0.25, 0.3) is 0 Å². The summed E-state index contributed by atoms with van der Waals surface area (Å²) < 4.78 is 2.38. The van der Waals surface area contributed by atoms with Gasteiger partial charge < -0.3 is 0 Å². The van der Waals surface area contributed by atoms with Gasteiger partial charge in [-0.1, -0.05) is 77.0 Å². The first-order valence-corrected chi connectivity index (χ1v) is 7.76. The van der Waals surface area contributed by atoms with Crippen LogP contribution in [0.3, 0.4) is 0 Å². The first-order valence-electron chi connectivity index (χ1n) is 6.18. The Morgan fingerprint density at radius 3 is 2.31 bits per heavy atom. The van der Waals surface area contributed by atoms with Gasteiger partial charge in [-0.2, -0.15) is 0 Å². The van der Waals surface area contributed by atoms with E-state index in [1.54, 1.807) is 0 Å². The zero-order chi connectivity index (χ0) is 11.8. The molecule has 0 saturated heterocycles. The van der Waals surface area contributed by atoms with E-state index in [-0.39, 0.29) is 0 Å². The molecule has 0 N–H and O–H groups in total. The molecule has 0 radical (unpaired) electrons. The topological polar surface area (TPSA) is 0 Å². The average molecular weight is 348 g/mol. The smallest absolute Gasteiger partial charge is 0.0218 e. The average Bonchev–Trinajstić information content (AvgIpc) is 2.26. The van der Waals surface area contributed by atoms with Crippen LogP contribution >= 0.6 is 31.9 Å². The maximum atomic E-state index is 3.61. The first-order chi connectivity index (χ1) is 7.74. The van der Waals surface area contributed by atoms with Crippen LogP contribution in [0.2, 0.25) is 0 Å². The molecule has 2 heteroatoms. The first kappa shape index (κ1) is 14.2. The van der Waals surface area contributed by atoms with E-state index < -0.39 is 0 Å². The second-order valence-corrected chi connectivity index (χ2v) is 6.02. The lowest BCUT2D eigenvalue weighted by Crippen LogP contribution is -1.88. The minimum atomic E-state index is 1.14. The predicted molar refractivity (Wildman–Crippen MR) is 78.9 cm³/mol. The molecule has 0 aliphatic rings. The van der Waals surface area contributed by atoms with Gasteiger partial charge in [0, 0.05) is 8.95 Å². The van der Waals surface area contributed by atoms with E-state index in [4.69, 9.17) is 0 Å². The molecular weight excluding hydrogens is 328 g/mol. The molecule has 0 saturated carbocycles. The van der Waals surface area contributed by atoms with Crippen LogP contribution in [-0.2, 0) is 6.42 Å². The molecule has 0 amide bonds. The Balaban J connectivity index is 2.21. The standard InChI is InChI=1S/C14H20Br2/c1-2-3-4-5-6-7-8-12-9-10-13(15)11-14(12)16/h9-11H,2-8H2,1H3. The monoisotopic (exact) mass is 346 g/mol. The molecule has 1 aromatic carbocycles. The van der Waals surface area contributed by atoms with E-state index in [1.165, 1.54) is 55.0 Å². The lowest BCUT2D eigenvalue weighted by atomic mass is 10.1. The van der Waals surface area contributed by atoms with Crippen LogP contribution in [0.1, 0.15) is 51.0 Å². The zero-order valence-corrected chi connectivity index (χ0v) is 13.1. The summed E-state index contributed by atoms with van der Waals surface area (Å²) in [6, 6.07) is 6.46. The molecule has 1 rings (SSSR count). The maximum absolute atomic E-state index is 3.61. The Hall–Kier alpha value is 0.180. The maximum Gasteiger partial charge on any atom is 0.0218 e. The van der Waals surface area contributed by atoms with Gasteiger partial charge in [0.25, 0.3) is 0 Å². The van der Waals surface area contributed by atoms with Gasteiger partial charge >= 0.3 is 0 Å². The van der Waals surface area contributed by atoms with Crippen LogP contribution in [0, 0.1) is 0 Å². The van der Waals surface area contributed by atoms with E-state index >= 15 is 0 Å². The number of hydrogen-bond acceptors (Lipinski definition) is 0. The SMILES string of the molecule is CCCCCCCCc1ccc(Br)cc1Br. The van der Waals surface area contributed by atoms with E-state index in [1.807, 2.05) is 0 Å². The van der Waals surface area contributed by atoms with Crippen molar-refractivity contribution in [1.82, 2.24) is 0 Å². The fourth-order valence-electron chi connectivity index (χ4n) is 1.82. The summed E-state index contributed by atoms with van der Waals surface area (Å²) in [6.07, 6.45) is 9.38. The van der Waals surface area contributed by atoms with E-state index in [0.717, 1.165) is 4.47 Å². The minimum absolute atomic E-state index is 1.14. The number of unbranched alkanes of at least 4 members (excludes halogenated alkanes) is 5. The van der Waals surface area contributed by atoms with Crippen LogP contribution in [0.15, 0.2) is 27.1 Å². The number of halogens is 2. The highest BCUT2D eigenvalue weighted by Gasteiger charge is 2.00. The molecule has 1 aromatic rings. The normalized spacial score (nSPS) is 10.7. The van der Waals surface area contributed by atoms with Crippen molar-refractivity contribution in [1.29, 1.82) is 0 Å². The fourth-order valence-corrected chi connectivity index (χ4v) is 3.07. The summed E-state index contributed by atoms with van der Waals surface area (Å²) in [7, 11) is 0. The molecule has 0 bridgehead atoms. The van der Waals surface area contributed by atoms with Crippen molar-refractivity contribution in [2.45, 2.75) is 51.9 Å². The Morgan fingerprint density at radius 2 is 1.62 bits per heavy atom. The number of hydrogen-bond donors (Lipinski definition) is 0. The van der Waals surface area contributed by atoms with Gasteiger partial charge in [-0.15, -0.1) is 0 Å². The molecule has 16 heavy (non-hydrogen) atoms. The third-order valence-corrected chi connectivity index (χ3v) is 4.05. The van der Waals surface area contributed by atoms with Gasteiger partial charge in [0.2, 0.25) is 0 Å². The summed E-state index contributed by atoms with van der Waals surface area (Å²) in [4.78, 5) is 0. The second kappa shape index (κ2) is 8.30. The van der Waals surface area contributed by atoms with Crippen molar-refractivity contribution >= 4 is 31.9 Å². The number of benzene rings is 1. The van der Waals surface area contributed by atoms with Gasteiger partial charge in [-0.05, 0) is 30.5 Å². The quantitative estimate of drug-likeness (QED) is 0.521. The Bertz CT molecular complexity index is 308. The molecule has 0 fully saturated rings. The third kappa shape index (κ3) is 5.49. The molecule has 0 aliphatic heterocycles. The van der Waals surface area contributed by atoms with Gasteiger partial charge in [-0.3, -0.25) is 0 Å². The molecule has 0 nitrogen and oxygen atoms in total. The van der Waals surface area contributed by atoms with E-state index in [2.05, 4.69) is 57.0 Å². The van der Waals surface area contributed by atoms with E-state index in [0.29, 0.717) is 0 Å². The second-order valence-electron chi connectivity index (χ2n) is 4.25. The van der Waals surface area contributed by atoms with Crippen molar-refractivity contribution < 1.29 is 0 Å². The van der Waals surface area contributed by atoms with E-state index in [9.17, 15) is 0 Å². The molecule has 0 aromatic heterocycles. The molecule has 0 aliphatic carbocycles. The zero-order valence-electron chi connectivity index (χ0n) is 9.94. The van der Waals surface area contributed by atoms with Crippen LogP contribution in [0.4, 0.5) is 0 Å². The Morgan fingerprint density at radius 1 is 0.938 bits per heavy atom. The number of rotatable bonds is 7. The van der Waals surface area contributed by atoms with Crippen molar-refractivity contribution in [2.75, 3.05) is 0 Å². The molecule has 0 spiro atoms. The predicted octanol–water partition coefficient (Wildman–Crippen LogP) is 6.11. The summed E-state index contributed by atoms with van der Waals surface area (Å²) in [5, 5.41) is 0. The molecule has 0 atom stereocenters. The Labute approximate surface area is 116 Å². The van der Waals surface area contributed by atoms with Crippen molar-refractivity contribution in [3.8, 4) is 0 Å². The van der Waals surface area contributed by atoms with Crippen LogP contribution in [-0.4, -0.2) is 0 Å². The fraction of sp³-hybridized carbons (Fsp3) is 0.571. The van der Waals surface area contributed by atoms with Gasteiger partial charge in [0.15, 0.2) is 0 Å². The summed E-state index contributed by atoms with van der Waals surface area (Å²) >= 11 is 7.09.